The summed E-state index contributed by atoms with van der Waals surface area (Å²) in [7, 11) is 0. The van der Waals surface area contributed by atoms with Gasteiger partial charge in [-0.2, -0.15) is 0 Å². The minimum absolute atomic E-state index is 0.220. The third-order valence-corrected chi connectivity index (χ3v) is 11.4. The van der Waals surface area contributed by atoms with Crippen molar-refractivity contribution in [3.05, 3.63) is 41.0 Å². The Morgan fingerprint density at radius 1 is 0.871 bits per heavy atom. The summed E-state index contributed by atoms with van der Waals surface area (Å²) in [6, 6.07) is 6.06. The fourth-order valence-electron chi connectivity index (χ4n) is 8.38. The molecule has 16 nitrogen and oxygen atoms in total. The van der Waals surface area contributed by atoms with E-state index in [9.17, 15) is 24.0 Å². The number of amides is 1. The minimum atomic E-state index is -1.58. The van der Waals surface area contributed by atoms with Crippen LogP contribution in [0.2, 0.25) is 0 Å². The number of piperidine rings is 2. The van der Waals surface area contributed by atoms with E-state index in [1.165, 1.54) is 13.3 Å². The lowest BCUT2D eigenvalue weighted by Crippen LogP contribution is -2.63. The van der Waals surface area contributed by atoms with Gasteiger partial charge in [-0.25, -0.2) is 4.79 Å². The van der Waals surface area contributed by atoms with Crippen LogP contribution in [0.1, 0.15) is 111 Å². The standard InChI is InChI=1S/C46H68N4O12/c1-28(2)38(47)36(42(48)61-43-41(59-33(7)54)40(58-32(6)53)39(57-31(5)52)37(60-43)26-56-30(4)51)25-35-16-15-34(24-29(35)3)14-11-12-20-49-21-13-17-46(27-49)18-22-50(23-19-46)44(55)62-45(8,9)10/h11,14-16,24,28,36-37,39-41,43,47-48H,12-13,17-23,25-27H2,1-10H3. The number of rotatable bonds is 15. The van der Waals surface area contributed by atoms with Crippen molar-refractivity contribution >= 4 is 47.7 Å². The molecule has 16 heteroatoms. The van der Waals surface area contributed by atoms with E-state index in [0.29, 0.717) is 0 Å². The molecule has 0 saturated carbocycles. The molecule has 4 rings (SSSR count). The lowest BCUT2D eigenvalue weighted by Gasteiger charge is -2.47. The molecular formula is C46H68N4O12. The molecule has 3 fully saturated rings. The molecule has 1 aromatic carbocycles. The Balaban J connectivity index is 1.43. The summed E-state index contributed by atoms with van der Waals surface area (Å²) in [5, 5.41) is 18.2. The predicted octanol–water partition coefficient (Wildman–Crippen LogP) is 6.42. The molecule has 3 aliphatic rings. The summed E-state index contributed by atoms with van der Waals surface area (Å²) in [6.07, 6.45) is 2.38. The zero-order valence-corrected chi connectivity index (χ0v) is 38.2. The van der Waals surface area contributed by atoms with Gasteiger partial charge in [0.2, 0.25) is 12.4 Å². The first-order valence-corrected chi connectivity index (χ1v) is 21.7. The fourth-order valence-corrected chi connectivity index (χ4v) is 8.38. The third-order valence-electron chi connectivity index (χ3n) is 11.4. The number of ether oxygens (including phenoxy) is 7. The lowest BCUT2D eigenvalue weighted by molar-refractivity contribution is -0.292. The quantitative estimate of drug-likeness (QED) is 0.0846. The monoisotopic (exact) mass is 868 g/mol. The van der Waals surface area contributed by atoms with Crippen LogP contribution in [0.25, 0.3) is 6.08 Å². The van der Waals surface area contributed by atoms with Crippen LogP contribution in [0.4, 0.5) is 4.79 Å². The van der Waals surface area contributed by atoms with Crippen molar-refractivity contribution in [1.29, 1.82) is 10.8 Å². The molecule has 6 unspecified atom stereocenters. The van der Waals surface area contributed by atoms with E-state index >= 15 is 0 Å². The predicted molar refractivity (Wildman–Crippen MR) is 231 cm³/mol. The topological polar surface area (TPSA) is 204 Å². The van der Waals surface area contributed by atoms with Gasteiger partial charge in [0.1, 0.15) is 18.3 Å². The van der Waals surface area contributed by atoms with Gasteiger partial charge < -0.3 is 48.4 Å². The lowest BCUT2D eigenvalue weighted by atomic mass is 9.72. The number of hydrogen-bond donors (Lipinski definition) is 2. The smallest absolute Gasteiger partial charge is 0.410 e. The van der Waals surface area contributed by atoms with Gasteiger partial charge in [0.25, 0.3) is 0 Å². The zero-order chi connectivity index (χ0) is 45.9. The molecule has 0 radical (unpaired) electrons. The number of carbonyl (C=O) groups is 5. The molecule has 3 aliphatic heterocycles. The van der Waals surface area contributed by atoms with Gasteiger partial charge in [0.15, 0.2) is 18.1 Å². The van der Waals surface area contributed by atoms with Crippen LogP contribution in [0.3, 0.4) is 0 Å². The summed E-state index contributed by atoms with van der Waals surface area (Å²) in [4.78, 5) is 65.6. The molecule has 2 N–H and O–H groups in total. The Labute approximate surface area is 366 Å². The molecule has 0 aliphatic carbocycles. The van der Waals surface area contributed by atoms with Gasteiger partial charge in [0, 0.05) is 59.6 Å². The van der Waals surface area contributed by atoms with Crippen molar-refractivity contribution in [3.63, 3.8) is 0 Å². The van der Waals surface area contributed by atoms with Gasteiger partial charge in [0.05, 0.1) is 5.92 Å². The highest BCUT2D eigenvalue weighted by Crippen LogP contribution is 2.40. The maximum absolute atomic E-state index is 12.6. The maximum Gasteiger partial charge on any atom is 0.410 e. The highest BCUT2D eigenvalue weighted by molar-refractivity contribution is 6.02. The molecule has 0 aromatic heterocycles. The molecule has 1 amide bonds. The first-order valence-electron chi connectivity index (χ1n) is 21.7. The van der Waals surface area contributed by atoms with Crippen LogP contribution < -0.4 is 0 Å². The van der Waals surface area contributed by atoms with Crippen molar-refractivity contribution in [1.82, 2.24) is 9.80 Å². The van der Waals surface area contributed by atoms with Gasteiger partial charge in [-0.3, -0.25) is 24.6 Å². The van der Waals surface area contributed by atoms with Crippen molar-refractivity contribution in [2.24, 2.45) is 17.3 Å². The first kappa shape index (κ1) is 49.8. The van der Waals surface area contributed by atoms with Crippen LogP contribution in [0.5, 0.6) is 0 Å². The van der Waals surface area contributed by atoms with E-state index in [-0.39, 0.29) is 35.5 Å². The van der Waals surface area contributed by atoms with Crippen molar-refractivity contribution in [3.8, 4) is 0 Å². The van der Waals surface area contributed by atoms with E-state index in [0.717, 1.165) is 95.9 Å². The molecule has 3 saturated heterocycles. The van der Waals surface area contributed by atoms with Gasteiger partial charge >= 0.3 is 30.0 Å². The zero-order valence-electron chi connectivity index (χ0n) is 38.2. The highest BCUT2D eigenvalue weighted by atomic mass is 16.7. The second kappa shape index (κ2) is 22.0. The number of hydrogen-bond acceptors (Lipinski definition) is 15. The molecular weight excluding hydrogens is 801 g/mol. The number of nitrogens with one attached hydrogen (secondary N) is 2. The number of esters is 4. The van der Waals surface area contributed by atoms with E-state index in [1.807, 2.05) is 58.6 Å². The van der Waals surface area contributed by atoms with E-state index in [4.69, 9.17) is 44.0 Å². The number of benzene rings is 1. The van der Waals surface area contributed by atoms with Gasteiger partial charge in [-0.05, 0) is 101 Å². The van der Waals surface area contributed by atoms with Crippen LogP contribution >= 0.6 is 0 Å². The van der Waals surface area contributed by atoms with Crippen molar-refractivity contribution in [2.75, 3.05) is 39.3 Å². The van der Waals surface area contributed by atoms with Gasteiger partial charge in [-0.15, -0.1) is 0 Å². The van der Waals surface area contributed by atoms with Crippen LogP contribution in [-0.2, 0) is 58.8 Å². The number of nitrogens with zero attached hydrogens (tertiary/aromatic N) is 2. The van der Waals surface area contributed by atoms with E-state index in [2.05, 4.69) is 23.1 Å². The summed E-state index contributed by atoms with van der Waals surface area (Å²) < 4.78 is 39.4. The number of carbonyl (C=O) groups excluding carboxylic acids is 5. The second-order valence-corrected chi connectivity index (χ2v) is 18.1. The second-order valence-electron chi connectivity index (χ2n) is 18.1. The maximum atomic E-state index is 12.6. The Morgan fingerprint density at radius 3 is 2.08 bits per heavy atom. The molecule has 3 heterocycles. The molecule has 344 valence electrons. The first-order chi connectivity index (χ1) is 29.1. The largest absolute Gasteiger partial charge is 0.463 e. The molecule has 6 atom stereocenters. The third kappa shape index (κ3) is 14.6. The summed E-state index contributed by atoms with van der Waals surface area (Å²) in [6.45, 7) is 20.0. The Kier molecular flexibility index (Phi) is 17.7. The summed E-state index contributed by atoms with van der Waals surface area (Å²) in [5.41, 5.74) is 2.83. The highest BCUT2D eigenvalue weighted by Gasteiger charge is 2.54. The van der Waals surface area contributed by atoms with Gasteiger partial charge in [-0.1, -0.05) is 44.2 Å². The fraction of sp³-hybridized carbons (Fsp3) is 0.674. The minimum Gasteiger partial charge on any atom is -0.463 e. The average molecular weight is 869 g/mol. The molecule has 62 heavy (non-hydrogen) atoms. The average Bonchev–Trinajstić information content (AvgIpc) is 3.16. The van der Waals surface area contributed by atoms with Crippen molar-refractivity contribution in [2.45, 2.75) is 144 Å². The Hall–Kier alpha value is -4.83. The van der Waals surface area contributed by atoms with E-state index < -0.39 is 72.7 Å². The molecule has 0 bridgehead atoms. The summed E-state index contributed by atoms with van der Waals surface area (Å²) >= 11 is 0. The number of likely N-dealkylation sites (tertiary alicyclic amines) is 2. The van der Waals surface area contributed by atoms with Crippen LogP contribution in [-0.4, -0.2) is 127 Å². The summed E-state index contributed by atoms with van der Waals surface area (Å²) in [5.74, 6) is -4.48. The van der Waals surface area contributed by atoms with E-state index in [1.54, 1.807) is 0 Å². The SMILES string of the molecule is CC(=O)OCC1OC(OC(=N)C(Cc2ccc(C=CCCN3CCCC4(CCN(C(=O)OC(C)(C)C)CC4)C3)cc2C)C(=N)C(C)C)C(OC(C)=O)C(OC(C)=O)C1OC(C)=O. The molecule has 1 aromatic rings. The van der Waals surface area contributed by atoms with Crippen molar-refractivity contribution < 1.29 is 57.1 Å². The van der Waals surface area contributed by atoms with Crippen LogP contribution in [0.15, 0.2) is 24.3 Å². The van der Waals surface area contributed by atoms with Crippen LogP contribution in [0, 0.1) is 35.0 Å². The molecule has 1 spiro atoms. The number of aryl methyl sites for hydroxylation is 1. The normalized spacial score (nSPS) is 23.3. The Morgan fingerprint density at radius 2 is 1.50 bits per heavy atom. The Bertz CT molecular complexity index is 1810.